The van der Waals surface area contributed by atoms with E-state index in [4.69, 9.17) is 9.26 Å². The van der Waals surface area contributed by atoms with Gasteiger partial charge in [0.1, 0.15) is 11.4 Å². The summed E-state index contributed by atoms with van der Waals surface area (Å²) in [6.07, 6.45) is 1.30. The molecule has 0 atom stereocenters. The summed E-state index contributed by atoms with van der Waals surface area (Å²) >= 11 is 1.83. The van der Waals surface area contributed by atoms with E-state index >= 15 is 0 Å². The molecule has 5 nitrogen and oxygen atoms in total. The molecule has 0 aliphatic carbocycles. The van der Waals surface area contributed by atoms with Gasteiger partial charge in [0, 0.05) is 0 Å². The van der Waals surface area contributed by atoms with Crippen LogP contribution in [0.1, 0.15) is 24.6 Å². The third-order valence-corrected chi connectivity index (χ3v) is 4.28. The van der Waals surface area contributed by atoms with Crippen molar-refractivity contribution >= 4 is 11.8 Å². The minimum atomic E-state index is -0.969. The van der Waals surface area contributed by atoms with Crippen LogP contribution in [0, 0.1) is 0 Å². The fraction of sp³-hybridized carbons (Fsp3) is 0.429. The molecule has 1 fully saturated rings. The van der Waals surface area contributed by atoms with Gasteiger partial charge in [0.25, 0.3) is 5.89 Å². The van der Waals surface area contributed by atoms with Crippen molar-refractivity contribution in [3.05, 3.63) is 42.0 Å². The summed E-state index contributed by atoms with van der Waals surface area (Å²) < 4.78 is 10.8. The van der Waals surface area contributed by atoms with E-state index in [1.807, 2.05) is 42.1 Å². The molecule has 106 valence electrons. The molecule has 3 rings (SSSR count). The van der Waals surface area contributed by atoms with Gasteiger partial charge in [-0.25, -0.2) is 0 Å². The zero-order valence-corrected chi connectivity index (χ0v) is 11.8. The van der Waals surface area contributed by atoms with Gasteiger partial charge >= 0.3 is 0 Å². The number of thioether (sulfide) groups is 1. The van der Waals surface area contributed by atoms with E-state index in [2.05, 4.69) is 10.1 Å². The fourth-order valence-electron chi connectivity index (χ4n) is 2.09. The van der Waals surface area contributed by atoms with Gasteiger partial charge in [-0.05, 0) is 36.5 Å². The van der Waals surface area contributed by atoms with Crippen molar-refractivity contribution in [1.29, 1.82) is 0 Å². The summed E-state index contributed by atoms with van der Waals surface area (Å²) in [6, 6.07) is 9.47. The van der Waals surface area contributed by atoms with E-state index < -0.39 is 5.60 Å². The average molecular weight is 292 g/mol. The minimum Gasteiger partial charge on any atom is -0.485 e. The molecule has 1 saturated heterocycles. The maximum absolute atomic E-state index is 10.5. The van der Waals surface area contributed by atoms with Crippen LogP contribution >= 0.6 is 11.8 Å². The lowest BCUT2D eigenvalue weighted by Crippen LogP contribution is -2.31. The van der Waals surface area contributed by atoms with Gasteiger partial charge in [-0.15, -0.1) is 0 Å². The normalized spacial score (nSPS) is 17.9. The van der Waals surface area contributed by atoms with Crippen LogP contribution in [0.5, 0.6) is 5.75 Å². The molecule has 0 radical (unpaired) electrons. The highest BCUT2D eigenvalue weighted by Crippen LogP contribution is 2.34. The first kappa shape index (κ1) is 13.5. The Labute approximate surface area is 121 Å². The predicted octanol–water partition coefficient (Wildman–Crippen LogP) is 2.36. The molecule has 1 N–H and O–H groups in total. The Balaban J connectivity index is 1.65. The van der Waals surface area contributed by atoms with E-state index in [9.17, 15) is 5.11 Å². The van der Waals surface area contributed by atoms with E-state index in [1.54, 1.807) is 0 Å². The van der Waals surface area contributed by atoms with Crippen LogP contribution in [-0.4, -0.2) is 26.8 Å². The van der Waals surface area contributed by atoms with Gasteiger partial charge in [0.05, 0.1) is 0 Å². The quantitative estimate of drug-likeness (QED) is 0.933. The summed E-state index contributed by atoms with van der Waals surface area (Å²) in [4.78, 5) is 4.26. The van der Waals surface area contributed by atoms with Crippen LogP contribution in [-0.2, 0) is 12.2 Å². The molecule has 2 heterocycles. The standard InChI is InChI=1S/C14H16N2O3S/c17-14(6-8-20-9-7-14)13-15-12(16-19-13)10-18-11-4-2-1-3-5-11/h1-5,17H,6-10H2. The van der Waals surface area contributed by atoms with E-state index in [0.29, 0.717) is 24.6 Å². The second-order valence-corrected chi connectivity index (χ2v) is 5.99. The Kier molecular flexibility index (Phi) is 3.93. The number of hydrogen-bond acceptors (Lipinski definition) is 6. The van der Waals surface area contributed by atoms with Crippen LogP contribution in [0.3, 0.4) is 0 Å². The second kappa shape index (κ2) is 5.85. The summed E-state index contributed by atoms with van der Waals surface area (Å²) in [7, 11) is 0. The number of benzene rings is 1. The Morgan fingerprint density at radius 1 is 1.25 bits per heavy atom. The summed E-state index contributed by atoms with van der Waals surface area (Å²) in [5.74, 6) is 3.34. The van der Waals surface area contributed by atoms with Crippen LogP contribution < -0.4 is 4.74 Å². The average Bonchev–Trinajstić information content (AvgIpc) is 2.97. The largest absolute Gasteiger partial charge is 0.485 e. The zero-order chi connectivity index (χ0) is 13.8. The highest BCUT2D eigenvalue weighted by atomic mass is 32.2. The van der Waals surface area contributed by atoms with Crippen molar-refractivity contribution in [1.82, 2.24) is 10.1 Å². The molecular formula is C14H16N2O3S. The van der Waals surface area contributed by atoms with Gasteiger partial charge < -0.3 is 14.4 Å². The molecule has 0 amide bonds. The number of para-hydroxylation sites is 1. The SMILES string of the molecule is OC1(c2nc(COc3ccccc3)no2)CCSCC1. The Morgan fingerprint density at radius 3 is 2.75 bits per heavy atom. The monoisotopic (exact) mass is 292 g/mol. The number of nitrogens with zero attached hydrogens (tertiary/aromatic N) is 2. The predicted molar refractivity (Wildman–Crippen MR) is 75.5 cm³/mol. The Hall–Kier alpha value is -1.53. The Morgan fingerprint density at radius 2 is 2.00 bits per heavy atom. The summed E-state index contributed by atoms with van der Waals surface area (Å²) in [5.41, 5.74) is -0.969. The van der Waals surface area contributed by atoms with Crippen molar-refractivity contribution in [2.75, 3.05) is 11.5 Å². The van der Waals surface area contributed by atoms with Crippen LogP contribution in [0.15, 0.2) is 34.9 Å². The number of aromatic nitrogens is 2. The lowest BCUT2D eigenvalue weighted by Gasteiger charge is -2.27. The van der Waals surface area contributed by atoms with Crippen molar-refractivity contribution in [2.45, 2.75) is 25.0 Å². The molecule has 1 aliphatic heterocycles. The first-order valence-corrected chi connectivity index (χ1v) is 7.73. The van der Waals surface area contributed by atoms with E-state index in [-0.39, 0.29) is 6.61 Å². The molecule has 0 unspecified atom stereocenters. The van der Waals surface area contributed by atoms with Crippen molar-refractivity contribution in [3.8, 4) is 5.75 Å². The molecule has 6 heteroatoms. The first-order chi connectivity index (χ1) is 9.76. The topological polar surface area (TPSA) is 68.4 Å². The molecule has 0 bridgehead atoms. The molecule has 1 aliphatic rings. The van der Waals surface area contributed by atoms with Gasteiger partial charge in [-0.2, -0.15) is 16.7 Å². The van der Waals surface area contributed by atoms with Crippen molar-refractivity contribution in [2.24, 2.45) is 0 Å². The third kappa shape index (κ3) is 2.96. The smallest absolute Gasteiger partial charge is 0.258 e. The van der Waals surface area contributed by atoms with Crippen molar-refractivity contribution in [3.63, 3.8) is 0 Å². The van der Waals surface area contributed by atoms with Crippen LogP contribution in [0.25, 0.3) is 0 Å². The summed E-state index contributed by atoms with van der Waals surface area (Å²) in [5, 5.41) is 14.4. The van der Waals surface area contributed by atoms with Crippen LogP contribution in [0.4, 0.5) is 0 Å². The van der Waals surface area contributed by atoms with Crippen LogP contribution in [0.2, 0.25) is 0 Å². The van der Waals surface area contributed by atoms with Gasteiger partial charge in [0.15, 0.2) is 6.61 Å². The molecular weight excluding hydrogens is 276 g/mol. The fourth-order valence-corrected chi connectivity index (χ4v) is 3.26. The lowest BCUT2D eigenvalue weighted by atomic mass is 9.97. The van der Waals surface area contributed by atoms with Gasteiger partial charge in [0.2, 0.25) is 5.82 Å². The molecule has 2 aromatic rings. The third-order valence-electron chi connectivity index (χ3n) is 3.30. The molecule has 0 spiro atoms. The summed E-state index contributed by atoms with van der Waals surface area (Å²) in [6.45, 7) is 0.234. The number of rotatable bonds is 4. The maximum atomic E-state index is 10.5. The molecule has 20 heavy (non-hydrogen) atoms. The highest BCUT2D eigenvalue weighted by molar-refractivity contribution is 7.99. The maximum Gasteiger partial charge on any atom is 0.258 e. The van der Waals surface area contributed by atoms with Gasteiger partial charge in [-0.3, -0.25) is 0 Å². The van der Waals surface area contributed by atoms with Gasteiger partial charge in [-0.1, -0.05) is 23.4 Å². The Bertz CT molecular complexity index is 553. The lowest BCUT2D eigenvalue weighted by molar-refractivity contribution is -0.00351. The number of ether oxygens (including phenoxy) is 1. The van der Waals surface area contributed by atoms with E-state index in [0.717, 1.165) is 17.3 Å². The van der Waals surface area contributed by atoms with E-state index in [1.165, 1.54) is 0 Å². The number of hydrogen-bond donors (Lipinski definition) is 1. The van der Waals surface area contributed by atoms with Crippen molar-refractivity contribution < 1.29 is 14.4 Å². The molecule has 1 aromatic heterocycles. The molecule has 0 saturated carbocycles. The second-order valence-electron chi connectivity index (χ2n) is 4.76. The molecule has 1 aromatic carbocycles. The number of aliphatic hydroxyl groups is 1. The highest BCUT2D eigenvalue weighted by Gasteiger charge is 2.37. The minimum absolute atomic E-state index is 0.234. The first-order valence-electron chi connectivity index (χ1n) is 6.57. The zero-order valence-electron chi connectivity index (χ0n) is 11.0.